The molecule has 0 amide bonds. The van der Waals surface area contributed by atoms with Gasteiger partial charge in [-0.1, -0.05) is 0 Å². The topological polar surface area (TPSA) is 53.3 Å². The molecule has 4 N–H and O–H groups in total. The van der Waals surface area contributed by atoms with E-state index in [9.17, 15) is 4.39 Å². The second-order valence-electron chi connectivity index (χ2n) is 4.44. The van der Waals surface area contributed by atoms with Gasteiger partial charge >= 0.3 is 0 Å². The Morgan fingerprint density at radius 3 is 3.11 bits per heavy atom. The largest absolute Gasteiger partial charge is 0.405 e. The normalized spacial score (nSPS) is 19.4. The lowest BCUT2D eigenvalue weighted by Crippen LogP contribution is -2.45. The summed E-state index contributed by atoms with van der Waals surface area (Å²) in [5, 5.41) is 6.41. The van der Waals surface area contributed by atoms with Crippen LogP contribution >= 0.6 is 0 Å². The van der Waals surface area contributed by atoms with E-state index in [2.05, 4.69) is 15.5 Å². The predicted molar refractivity (Wildman–Crippen MR) is 73.3 cm³/mol. The van der Waals surface area contributed by atoms with Crippen molar-refractivity contribution in [1.29, 1.82) is 0 Å². The number of likely N-dealkylation sites (N-methyl/N-ethyl adjacent to an activating group) is 2. The smallest absolute Gasteiger partial charge is 0.125 e. The van der Waals surface area contributed by atoms with Gasteiger partial charge in [0, 0.05) is 20.1 Å². The molecular formula is C13H19FN4. The number of rotatable bonds is 3. The molecule has 0 spiro atoms. The third kappa shape index (κ3) is 2.26. The molecule has 1 aromatic rings. The summed E-state index contributed by atoms with van der Waals surface area (Å²) in [4.78, 5) is 2.06. The highest BCUT2D eigenvalue weighted by atomic mass is 19.1. The molecule has 0 bridgehead atoms. The fraction of sp³-hybridized carbons (Fsp3) is 0.385. The molecule has 1 heterocycles. The van der Waals surface area contributed by atoms with Gasteiger partial charge in [-0.05, 0) is 37.0 Å². The second-order valence-corrected chi connectivity index (χ2v) is 4.44. The van der Waals surface area contributed by atoms with Gasteiger partial charge in [-0.25, -0.2) is 4.39 Å². The standard InChI is InChI=1S/C13H19FN4/c1-16-7-9(6-15)13-8-17-11-4-3-10(14)5-12(11)18(13)2/h3-6,13,16-17H,7-8,15H2,1-2H3/b9-6+. The highest BCUT2D eigenvalue weighted by Crippen LogP contribution is 2.32. The first-order valence-electron chi connectivity index (χ1n) is 5.99. The van der Waals surface area contributed by atoms with Gasteiger partial charge in [-0.3, -0.25) is 0 Å². The maximum Gasteiger partial charge on any atom is 0.125 e. The third-order valence-corrected chi connectivity index (χ3v) is 3.32. The van der Waals surface area contributed by atoms with Crippen molar-refractivity contribution in [1.82, 2.24) is 5.32 Å². The minimum Gasteiger partial charge on any atom is -0.405 e. The van der Waals surface area contributed by atoms with Gasteiger partial charge in [0.15, 0.2) is 0 Å². The Morgan fingerprint density at radius 2 is 2.44 bits per heavy atom. The van der Waals surface area contributed by atoms with Crippen molar-refractivity contribution in [2.75, 3.05) is 37.4 Å². The Balaban J connectivity index is 2.29. The summed E-state index contributed by atoms with van der Waals surface area (Å²) < 4.78 is 13.3. The molecule has 18 heavy (non-hydrogen) atoms. The molecule has 4 nitrogen and oxygen atoms in total. The molecule has 0 saturated carbocycles. The zero-order valence-electron chi connectivity index (χ0n) is 10.7. The summed E-state index contributed by atoms with van der Waals surface area (Å²) in [6.07, 6.45) is 1.63. The summed E-state index contributed by atoms with van der Waals surface area (Å²) in [6, 6.07) is 4.91. The number of nitrogens with one attached hydrogen (secondary N) is 2. The lowest BCUT2D eigenvalue weighted by Gasteiger charge is -2.38. The first-order valence-corrected chi connectivity index (χ1v) is 5.99. The molecule has 1 aliphatic rings. The molecule has 1 atom stereocenters. The number of nitrogens with zero attached hydrogens (tertiary/aromatic N) is 1. The van der Waals surface area contributed by atoms with Crippen LogP contribution in [0.3, 0.4) is 0 Å². The molecule has 0 aromatic heterocycles. The molecule has 0 aliphatic carbocycles. The zero-order valence-corrected chi connectivity index (χ0v) is 10.7. The summed E-state index contributed by atoms with van der Waals surface area (Å²) >= 11 is 0. The Labute approximate surface area is 107 Å². The molecule has 1 unspecified atom stereocenters. The Bertz CT molecular complexity index is 458. The van der Waals surface area contributed by atoms with Crippen molar-refractivity contribution < 1.29 is 4.39 Å². The van der Waals surface area contributed by atoms with Gasteiger partial charge in [-0.2, -0.15) is 0 Å². The SMILES string of the molecule is CNC/C(=C\N)C1CNc2ccc(F)cc2N1C. The Hall–Kier alpha value is -1.75. The van der Waals surface area contributed by atoms with Gasteiger partial charge in [0.2, 0.25) is 0 Å². The van der Waals surface area contributed by atoms with Crippen molar-refractivity contribution >= 4 is 11.4 Å². The number of anilines is 2. The quantitative estimate of drug-likeness (QED) is 0.752. The van der Waals surface area contributed by atoms with Crippen LogP contribution < -0.4 is 21.3 Å². The van der Waals surface area contributed by atoms with E-state index in [0.717, 1.165) is 30.0 Å². The number of halogens is 1. The average Bonchev–Trinajstić information content (AvgIpc) is 2.38. The first kappa shape index (κ1) is 12.7. The summed E-state index contributed by atoms with van der Waals surface area (Å²) in [5.74, 6) is -0.227. The maximum absolute atomic E-state index is 13.3. The van der Waals surface area contributed by atoms with Crippen LogP contribution in [0.4, 0.5) is 15.8 Å². The number of hydrogen-bond donors (Lipinski definition) is 3. The van der Waals surface area contributed by atoms with Crippen LogP contribution in [0.15, 0.2) is 30.0 Å². The van der Waals surface area contributed by atoms with Crippen LogP contribution in [0.2, 0.25) is 0 Å². The maximum atomic E-state index is 13.3. The van der Waals surface area contributed by atoms with Crippen LogP contribution in [-0.4, -0.2) is 33.2 Å². The van der Waals surface area contributed by atoms with Crippen molar-refractivity contribution in [3.8, 4) is 0 Å². The van der Waals surface area contributed by atoms with Gasteiger partial charge in [0.05, 0.1) is 17.4 Å². The van der Waals surface area contributed by atoms with Crippen molar-refractivity contribution in [2.24, 2.45) is 5.73 Å². The highest BCUT2D eigenvalue weighted by molar-refractivity contribution is 5.73. The highest BCUT2D eigenvalue weighted by Gasteiger charge is 2.25. The van der Waals surface area contributed by atoms with E-state index in [1.165, 1.54) is 6.07 Å². The molecule has 5 heteroatoms. The molecule has 98 valence electrons. The number of hydrogen-bond acceptors (Lipinski definition) is 4. The van der Waals surface area contributed by atoms with E-state index in [1.807, 2.05) is 14.1 Å². The van der Waals surface area contributed by atoms with Crippen LogP contribution in [-0.2, 0) is 0 Å². The summed E-state index contributed by atoms with van der Waals surface area (Å²) in [5.41, 5.74) is 8.57. The number of nitrogens with two attached hydrogens (primary N) is 1. The second kappa shape index (κ2) is 5.27. The van der Waals surface area contributed by atoms with E-state index >= 15 is 0 Å². The van der Waals surface area contributed by atoms with Crippen LogP contribution in [0.5, 0.6) is 0 Å². The number of benzene rings is 1. The van der Waals surface area contributed by atoms with Gasteiger partial charge in [0.1, 0.15) is 5.82 Å². The molecule has 0 radical (unpaired) electrons. The molecule has 0 saturated heterocycles. The molecular weight excluding hydrogens is 231 g/mol. The lowest BCUT2D eigenvalue weighted by atomic mass is 10.0. The monoisotopic (exact) mass is 250 g/mol. The predicted octanol–water partition coefficient (Wildman–Crippen LogP) is 1.12. The van der Waals surface area contributed by atoms with E-state index < -0.39 is 0 Å². The van der Waals surface area contributed by atoms with Gasteiger partial charge in [-0.15, -0.1) is 0 Å². The minimum atomic E-state index is -0.227. The first-order chi connectivity index (χ1) is 8.67. The van der Waals surface area contributed by atoms with E-state index in [0.29, 0.717) is 0 Å². The molecule has 2 rings (SSSR count). The van der Waals surface area contributed by atoms with Crippen molar-refractivity contribution in [3.63, 3.8) is 0 Å². The average molecular weight is 250 g/mol. The fourth-order valence-corrected chi connectivity index (χ4v) is 2.33. The van der Waals surface area contributed by atoms with Crippen LogP contribution in [0.25, 0.3) is 0 Å². The summed E-state index contributed by atoms with van der Waals surface area (Å²) in [7, 11) is 3.84. The van der Waals surface area contributed by atoms with Crippen LogP contribution in [0, 0.1) is 5.82 Å². The Kier molecular flexibility index (Phi) is 3.72. The van der Waals surface area contributed by atoms with Crippen molar-refractivity contribution in [2.45, 2.75) is 6.04 Å². The van der Waals surface area contributed by atoms with Crippen molar-refractivity contribution in [3.05, 3.63) is 35.8 Å². The minimum absolute atomic E-state index is 0.136. The third-order valence-electron chi connectivity index (χ3n) is 3.32. The van der Waals surface area contributed by atoms with Gasteiger partial charge < -0.3 is 21.3 Å². The van der Waals surface area contributed by atoms with E-state index in [-0.39, 0.29) is 11.9 Å². The number of fused-ring (bicyclic) bond motifs is 1. The fourth-order valence-electron chi connectivity index (χ4n) is 2.33. The van der Waals surface area contributed by atoms with E-state index in [4.69, 9.17) is 5.73 Å². The zero-order chi connectivity index (χ0) is 13.1. The molecule has 1 aromatic carbocycles. The van der Waals surface area contributed by atoms with E-state index in [1.54, 1.807) is 18.3 Å². The summed E-state index contributed by atoms with van der Waals surface area (Å²) in [6.45, 7) is 1.48. The molecule has 0 fully saturated rings. The van der Waals surface area contributed by atoms with Crippen LogP contribution in [0.1, 0.15) is 0 Å². The van der Waals surface area contributed by atoms with Gasteiger partial charge in [0.25, 0.3) is 0 Å². The molecule has 1 aliphatic heterocycles. The Morgan fingerprint density at radius 1 is 1.67 bits per heavy atom. The lowest BCUT2D eigenvalue weighted by molar-refractivity contribution is 0.622.